The number of hydrogen-bond donors (Lipinski definition) is 4. The number of carbonyl (C=O) groups is 2. The Morgan fingerprint density at radius 2 is 2.03 bits per heavy atom. The number of imidazole rings is 1. The highest BCUT2D eigenvalue weighted by Crippen LogP contribution is 2.37. The highest BCUT2D eigenvalue weighted by molar-refractivity contribution is 5.91. The summed E-state index contributed by atoms with van der Waals surface area (Å²) in [7, 11) is 0. The molecule has 34 heavy (non-hydrogen) atoms. The lowest BCUT2D eigenvalue weighted by atomic mass is 10.1. The molecule has 0 radical (unpaired) electrons. The zero-order chi connectivity index (χ0) is 23.8. The molecule has 4 rings (SSSR count). The predicted octanol–water partition coefficient (Wildman–Crippen LogP) is 3.87. The van der Waals surface area contributed by atoms with Gasteiger partial charge >= 0.3 is 5.97 Å². The number of H-pyrrole nitrogens is 1. The van der Waals surface area contributed by atoms with Gasteiger partial charge in [-0.15, -0.1) is 0 Å². The van der Waals surface area contributed by atoms with E-state index in [4.69, 9.17) is 4.74 Å². The van der Waals surface area contributed by atoms with Crippen LogP contribution in [0.3, 0.4) is 0 Å². The van der Waals surface area contributed by atoms with Crippen molar-refractivity contribution < 1.29 is 19.4 Å². The van der Waals surface area contributed by atoms with E-state index in [0.717, 1.165) is 36.6 Å². The van der Waals surface area contributed by atoms with Crippen LogP contribution in [0.5, 0.6) is 5.75 Å². The van der Waals surface area contributed by atoms with Gasteiger partial charge in [-0.25, -0.2) is 4.98 Å². The monoisotopic (exact) mass is 463 g/mol. The van der Waals surface area contributed by atoms with Crippen molar-refractivity contribution in [3.05, 3.63) is 66.5 Å². The number of hydrogen-bond acceptors (Lipinski definition) is 6. The third kappa shape index (κ3) is 6.50. The minimum absolute atomic E-state index is 0.0481. The lowest BCUT2D eigenvalue weighted by Gasteiger charge is -2.36. The number of carboxylic acids is 1. The molecule has 178 valence electrons. The molecule has 0 saturated carbocycles. The Kier molecular flexibility index (Phi) is 7.64. The number of fused-ring (bicyclic) bond motifs is 1. The molecule has 4 N–H and O–H groups in total. The van der Waals surface area contributed by atoms with Crippen LogP contribution in [-0.2, 0) is 16.1 Å². The molecular weight excluding hydrogens is 434 g/mol. The minimum Gasteiger partial charge on any atom is -0.486 e. The van der Waals surface area contributed by atoms with Gasteiger partial charge in [0.25, 0.3) is 0 Å². The van der Waals surface area contributed by atoms with Crippen molar-refractivity contribution >= 4 is 29.2 Å². The van der Waals surface area contributed by atoms with Gasteiger partial charge in [-0.3, -0.25) is 9.59 Å². The third-order valence-electron chi connectivity index (χ3n) is 5.54. The van der Waals surface area contributed by atoms with Crippen LogP contribution in [0.4, 0.5) is 17.3 Å². The molecule has 0 aliphatic carbocycles. The van der Waals surface area contributed by atoms with E-state index in [1.165, 1.54) is 0 Å². The molecule has 1 atom stereocenters. The molecule has 0 fully saturated rings. The quantitative estimate of drug-likeness (QED) is 0.319. The first-order valence-electron chi connectivity index (χ1n) is 11.4. The lowest BCUT2D eigenvalue weighted by Crippen LogP contribution is -2.40. The van der Waals surface area contributed by atoms with Gasteiger partial charge < -0.3 is 30.4 Å². The second-order valence-electron chi connectivity index (χ2n) is 8.26. The number of aromatic nitrogens is 2. The highest BCUT2D eigenvalue weighted by atomic mass is 16.5. The molecule has 1 aromatic heterocycles. The van der Waals surface area contributed by atoms with E-state index in [1.54, 1.807) is 24.5 Å². The average molecular weight is 464 g/mol. The number of carbonyl (C=O) groups excluding carboxylic acids is 1. The van der Waals surface area contributed by atoms with Gasteiger partial charge in [0.05, 0.1) is 18.7 Å². The number of nitrogens with zero attached hydrogens (tertiary/aromatic N) is 2. The fourth-order valence-corrected chi connectivity index (χ4v) is 3.96. The van der Waals surface area contributed by atoms with E-state index in [9.17, 15) is 14.7 Å². The Morgan fingerprint density at radius 3 is 2.79 bits per heavy atom. The summed E-state index contributed by atoms with van der Waals surface area (Å²) in [6.45, 7) is 1.81. The molecule has 9 nitrogen and oxygen atoms in total. The van der Waals surface area contributed by atoms with Crippen LogP contribution >= 0.6 is 0 Å². The Morgan fingerprint density at radius 1 is 1.18 bits per heavy atom. The number of rotatable bonds is 11. The number of anilines is 3. The summed E-state index contributed by atoms with van der Waals surface area (Å²) in [5.74, 6) is 0.409. The summed E-state index contributed by atoms with van der Waals surface area (Å²) in [4.78, 5) is 32.9. The summed E-state index contributed by atoms with van der Waals surface area (Å²) in [5.41, 5.74) is 2.64. The summed E-state index contributed by atoms with van der Waals surface area (Å²) in [6.07, 6.45) is 4.95. The molecule has 3 aromatic rings. The molecule has 0 saturated heterocycles. The second kappa shape index (κ2) is 11.2. The number of aliphatic carboxylic acids is 1. The fourth-order valence-electron chi connectivity index (χ4n) is 3.96. The maximum atomic E-state index is 12.5. The molecule has 1 aliphatic rings. The van der Waals surface area contributed by atoms with Gasteiger partial charge in [-0.2, -0.15) is 0 Å². The number of ether oxygens (including phenoxy) is 1. The first-order valence-corrected chi connectivity index (χ1v) is 11.4. The second-order valence-corrected chi connectivity index (χ2v) is 8.26. The number of amides is 1. The zero-order valence-electron chi connectivity index (χ0n) is 18.9. The average Bonchev–Trinajstić information content (AvgIpc) is 3.33. The lowest BCUT2D eigenvalue weighted by molar-refractivity contribution is -0.138. The van der Waals surface area contributed by atoms with E-state index in [-0.39, 0.29) is 12.3 Å². The molecule has 9 heteroatoms. The van der Waals surface area contributed by atoms with E-state index in [2.05, 4.69) is 25.5 Å². The summed E-state index contributed by atoms with van der Waals surface area (Å²) >= 11 is 0. The van der Waals surface area contributed by atoms with Gasteiger partial charge in [0.15, 0.2) is 5.95 Å². The van der Waals surface area contributed by atoms with Gasteiger partial charge in [0.1, 0.15) is 11.9 Å². The largest absolute Gasteiger partial charge is 0.486 e. The van der Waals surface area contributed by atoms with Crippen LogP contribution in [0.1, 0.15) is 31.2 Å². The van der Waals surface area contributed by atoms with Gasteiger partial charge in [0.2, 0.25) is 5.91 Å². The maximum absolute atomic E-state index is 12.5. The van der Waals surface area contributed by atoms with Crippen molar-refractivity contribution in [1.29, 1.82) is 0 Å². The Hall–Kier alpha value is -4.01. The number of aromatic amines is 1. The molecule has 0 bridgehead atoms. The van der Waals surface area contributed by atoms with Crippen molar-refractivity contribution in [2.45, 2.75) is 38.3 Å². The van der Waals surface area contributed by atoms with Crippen molar-refractivity contribution in [2.75, 3.05) is 28.6 Å². The normalized spacial score (nSPS) is 14.7. The highest BCUT2D eigenvalue weighted by Gasteiger charge is 2.28. The van der Waals surface area contributed by atoms with E-state index < -0.39 is 12.1 Å². The number of carboxylic acid groups (broad SMARTS) is 1. The van der Waals surface area contributed by atoms with Gasteiger partial charge in [-0.1, -0.05) is 30.3 Å². The SMILES string of the molecule is O=C(O)CC1CN(Cc2ccccc2)c2cc(NC(=O)CCCCNc3ncc[nH]3)ccc2O1. The summed E-state index contributed by atoms with van der Waals surface area (Å²) in [6, 6.07) is 15.5. The third-order valence-corrected chi connectivity index (χ3v) is 5.54. The molecule has 2 heterocycles. The Balaban J connectivity index is 1.36. The Bertz CT molecular complexity index is 1090. The molecule has 0 spiro atoms. The minimum atomic E-state index is -0.892. The number of benzene rings is 2. The van der Waals surface area contributed by atoms with E-state index >= 15 is 0 Å². The molecular formula is C25H29N5O4. The molecule has 1 unspecified atom stereocenters. The van der Waals surface area contributed by atoms with Crippen LogP contribution in [0.15, 0.2) is 60.9 Å². The first kappa shape index (κ1) is 23.2. The first-order chi connectivity index (χ1) is 16.6. The Labute approximate surface area is 198 Å². The van der Waals surface area contributed by atoms with E-state index in [0.29, 0.717) is 30.9 Å². The number of nitrogens with one attached hydrogen (secondary N) is 3. The van der Waals surface area contributed by atoms with Crippen LogP contribution in [0, 0.1) is 0 Å². The van der Waals surface area contributed by atoms with Crippen molar-refractivity contribution in [2.24, 2.45) is 0 Å². The van der Waals surface area contributed by atoms with Crippen LogP contribution in [0.2, 0.25) is 0 Å². The van der Waals surface area contributed by atoms with Crippen LogP contribution < -0.4 is 20.3 Å². The van der Waals surface area contributed by atoms with Gasteiger partial charge in [-0.05, 0) is 36.6 Å². The smallest absolute Gasteiger partial charge is 0.307 e. The molecule has 2 aromatic carbocycles. The standard InChI is InChI=1S/C25H29N5O4/c31-23(8-4-5-11-26-25-27-12-13-28-25)29-19-9-10-22-21(14-19)30(16-18-6-2-1-3-7-18)17-20(34-22)15-24(32)33/h1-3,6-7,9-10,12-14,20H,4-5,8,11,15-17H2,(H,29,31)(H,32,33)(H2,26,27,28). The van der Waals surface area contributed by atoms with E-state index in [1.807, 2.05) is 36.4 Å². The van der Waals surface area contributed by atoms with Crippen molar-refractivity contribution in [3.8, 4) is 5.75 Å². The maximum Gasteiger partial charge on any atom is 0.307 e. The van der Waals surface area contributed by atoms with Crippen LogP contribution in [0.25, 0.3) is 0 Å². The van der Waals surface area contributed by atoms with Gasteiger partial charge in [0, 0.05) is 37.6 Å². The van der Waals surface area contributed by atoms with Crippen LogP contribution in [-0.4, -0.2) is 46.1 Å². The predicted molar refractivity (Wildman–Crippen MR) is 130 cm³/mol. The summed E-state index contributed by atoms with van der Waals surface area (Å²) in [5, 5.41) is 15.4. The van der Waals surface area contributed by atoms with Crippen molar-refractivity contribution in [3.63, 3.8) is 0 Å². The summed E-state index contributed by atoms with van der Waals surface area (Å²) < 4.78 is 5.94. The number of unbranched alkanes of at least 4 members (excludes halogenated alkanes) is 1. The van der Waals surface area contributed by atoms with Crippen molar-refractivity contribution in [1.82, 2.24) is 9.97 Å². The molecule has 1 amide bonds. The molecule has 1 aliphatic heterocycles. The zero-order valence-corrected chi connectivity index (χ0v) is 18.9. The fraction of sp³-hybridized carbons (Fsp3) is 0.320. The topological polar surface area (TPSA) is 120 Å².